The van der Waals surface area contributed by atoms with E-state index in [2.05, 4.69) is 9.44 Å². The average molecular weight is 293 g/mol. The summed E-state index contributed by atoms with van der Waals surface area (Å²) < 4.78 is 26.8. The van der Waals surface area contributed by atoms with Crippen molar-refractivity contribution in [3.63, 3.8) is 0 Å². The minimum Gasteiger partial charge on any atom is -0.268 e. The zero-order valence-corrected chi connectivity index (χ0v) is 12.7. The van der Waals surface area contributed by atoms with Gasteiger partial charge in [0.1, 0.15) is 5.71 Å². The number of rotatable bonds is 6. The lowest BCUT2D eigenvalue weighted by Crippen LogP contribution is -2.06. The Morgan fingerprint density at radius 2 is 1.95 bits per heavy atom. The highest BCUT2D eigenvalue weighted by Crippen LogP contribution is 2.11. The number of allylic oxidation sites excluding steroid dienone is 4. The van der Waals surface area contributed by atoms with Gasteiger partial charge in [0.2, 0.25) is 0 Å². The molecule has 0 amide bonds. The lowest BCUT2D eigenvalue weighted by molar-refractivity contribution is 0.343. The van der Waals surface area contributed by atoms with E-state index >= 15 is 0 Å². The third-order valence-corrected chi connectivity index (χ3v) is 2.83. The molecule has 0 radical (unpaired) electrons. The van der Waals surface area contributed by atoms with Gasteiger partial charge in [0.15, 0.2) is 0 Å². The summed E-state index contributed by atoms with van der Waals surface area (Å²) >= 11 is 0. The van der Waals surface area contributed by atoms with Crippen molar-refractivity contribution in [2.24, 2.45) is 5.16 Å². The molecule has 1 aromatic rings. The van der Waals surface area contributed by atoms with Gasteiger partial charge in [0.25, 0.3) is 0 Å². The van der Waals surface area contributed by atoms with Crippen molar-refractivity contribution >= 4 is 15.8 Å². The predicted octanol–water partition coefficient (Wildman–Crippen LogP) is 3.28. The second-order valence-corrected chi connectivity index (χ2v) is 5.83. The highest BCUT2D eigenvalue weighted by molar-refractivity contribution is 7.85. The molecule has 20 heavy (non-hydrogen) atoms. The van der Waals surface area contributed by atoms with Crippen molar-refractivity contribution in [2.45, 2.75) is 20.3 Å². The molecule has 0 heterocycles. The molecule has 0 bridgehead atoms. The third-order valence-electron chi connectivity index (χ3n) is 2.48. The molecule has 0 saturated carbocycles. The molecule has 4 nitrogen and oxygen atoms in total. The monoisotopic (exact) mass is 293 g/mol. The third kappa shape index (κ3) is 5.84. The van der Waals surface area contributed by atoms with Gasteiger partial charge in [-0.3, -0.25) is 4.28 Å². The van der Waals surface area contributed by atoms with E-state index in [9.17, 15) is 8.42 Å². The topological polar surface area (TPSA) is 55.7 Å². The molecule has 1 aromatic carbocycles. The molecular formula is C15H19NO3S. The molecule has 0 aromatic heterocycles. The molecule has 0 fully saturated rings. The zero-order chi connectivity index (χ0) is 15.0. The fourth-order valence-electron chi connectivity index (χ4n) is 1.53. The summed E-state index contributed by atoms with van der Waals surface area (Å²) in [6.45, 7) is 3.82. The van der Waals surface area contributed by atoms with Crippen LogP contribution >= 0.6 is 0 Å². The first-order valence-corrected chi connectivity index (χ1v) is 8.06. The quantitative estimate of drug-likeness (QED) is 0.459. The smallest absolute Gasteiger partial charge is 0.268 e. The van der Waals surface area contributed by atoms with Gasteiger partial charge >= 0.3 is 10.1 Å². The molecule has 5 heteroatoms. The van der Waals surface area contributed by atoms with Gasteiger partial charge in [-0.25, -0.2) is 0 Å². The molecule has 0 aliphatic carbocycles. The number of oxime groups is 1. The van der Waals surface area contributed by atoms with E-state index in [1.165, 1.54) is 0 Å². The first kappa shape index (κ1) is 16.2. The largest absolute Gasteiger partial charge is 0.325 e. The minimum atomic E-state index is -3.61. The summed E-state index contributed by atoms with van der Waals surface area (Å²) in [4.78, 5) is 0. The number of benzene rings is 1. The van der Waals surface area contributed by atoms with E-state index in [4.69, 9.17) is 0 Å². The summed E-state index contributed by atoms with van der Waals surface area (Å²) in [5.41, 5.74) is 2.18. The second-order valence-electron chi connectivity index (χ2n) is 4.28. The van der Waals surface area contributed by atoms with Gasteiger partial charge in [-0.15, -0.1) is 0 Å². The van der Waals surface area contributed by atoms with Crippen molar-refractivity contribution in [2.75, 3.05) is 6.26 Å². The van der Waals surface area contributed by atoms with Crippen LogP contribution in [0.25, 0.3) is 0 Å². The van der Waals surface area contributed by atoms with Crippen LogP contribution in [0.2, 0.25) is 0 Å². The Balaban J connectivity index is 3.11. The van der Waals surface area contributed by atoms with Gasteiger partial charge in [-0.1, -0.05) is 53.7 Å². The normalized spacial score (nSPS) is 13.8. The van der Waals surface area contributed by atoms with E-state index in [1.54, 1.807) is 0 Å². The van der Waals surface area contributed by atoms with Crippen molar-refractivity contribution in [1.82, 2.24) is 0 Å². The summed E-state index contributed by atoms with van der Waals surface area (Å²) in [5.74, 6) is 0. The maximum absolute atomic E-state index is 11.1. The van der Waals surface area contributed by atoms with E-state index < -0.39 is 10.1 Å². The Morgan fingerprint density at radius 3 is 2.50 bits per heavy atom. The van der Waals surface area contributed by atoms with Crippen LogP contribution < -0.4 is 0 Å². The minimum absolute atomic E-state index is 0.514. The van der Waals surface area contributed by atoms with Gasteiger partial charge in [0, 0.05) is 5.56 Å². The van der Waals surface area contributed by atoms with E-state index in [1.807, 2.05) is 62.4 Å². The van der Waals surface area contributed by atoms with Crippen LogP contribution in [0.15, 0.2) is 59.3 Å². The van der Waals surface area contributed by atoms with Crippen molar-refractivity contribution in [1.29, 1.82) is 0 Å². The fourth-order valence-corrected chi connectivity index (χ4v) is 1.74. The molecule has 0 spiro atoms. The first-order valence-electron chi connectivity index (χ1n) is 6.24. The van der Waals surface area contributed by atoms with Gasteiger partial charge in [-0.2, -0.15) is 8.42 Å². The van der Waals surface area contributed by atoms with Crippen LogP contribution in [-0.2, 0) is 14.4 Å². The van der Waals surface area contributed by atoms with Crippen LogP contribution in [0.1, 0.15) is 25.8 Å². The Hall–Kier alpha value is -1.88. The maximum Gasteiger partial charge on any atom is 0.325 e. The zero-order valence-electron chi connectivity index (χ0n) is 11.9. The van der Waals surface area contributed by atoms with Gasteiger partial charge in [-0.05, 0) is 25.8 Å². The lowest BCUT2D eigenvalue weighted by atomic mass is 10.0. The Morgan fingerprint density at radius 1 is 1.30 bits per heavy atom. The number of hydrogen-bond acceptors (Lipinski definition) is 4. The van der Waals surface area contributed by atoms with Crippen molar-refractivity contribution < 1.29 is 12.7 Å². The Labute approximate surface area is 120 Å². The van der Waals surface area contributed by atoms with E-state index in [-0.39, 0.29) is 0 Å². The number of hydrogen-bond donors (Lipinski definition) is 0. The van der Waals surface area contributed by atoms with Crippen LogP contribution in [-0.4, -0.2) is 20.4 Å². The summed E-state index contributed by atoms with van der Waals surface area (Å²) in [6, 6.07) is 9.33. The molecule has 1 rings (SSSR count). The van der Waals surface area contributed by atoms with Crippen LogP contribution in [0.5, 0.6) is 0 Å². The Bertz CT molecular complexity index is 614. The molecule has 0 atom stereocenters. The highest BCUT2D eigenvalue weighted by atomic mass is 32.2. The van der Waals surface area contributed by atoms with E-state index in [0.717, 1.165) is 23.8 Å². The summed E-state index contributed by atoms with van der Waals surface area (Å²) in [7, 11) is -3.61. The predicted molar refractivity (Wildman–Crippen MR) is 82.1 cm³/mol. The van der Waals surface area contributed by atoms with Crippen LogP contribution in [0.3, 0.4) is 0 Å². The van der Waals surface area contributed by atoms with Gasteiger partial charge < -0.3 is 0 Å². The fraction of sp³-hybridized carbons (Fsp3) is 0.267. The van der Waals surface area contributed by atoms with Crippen LogP contribution in [0, 0.1) is 0 Å². The van der Waals surface area contributed by atoms with Crippen molar-refractivity contribution in [3.05, 3.63) is 59.7 Å². The average Bonchev–Trinajstić information content (AvgIpc) is 2.39. The Kier molecular flexibility index (Phi) is 6.18. The summed E-state index contributed by atoms with van der Waals surface area (Å²) in [6.07, 6.45) is 7.65. The molecule has 0 N–H and O–H groups in total. The number of nitrogens with zero attached hydrogens (tertiary/aromatic N) is 1. The van der Waals surface area contributed by atoms with Gasteiger partial charge in [0.05, 0.1) is 6.26 Å². The first-order chi connectivity index (χ1) is 9.44. The standard InChI is InChI=1S/C15H19NO3S/c1-4-5-7-10-13(2)15(16-19-20(3,17)18)14-11-8-6-9-12-14/h4-6,8-12H,7H2,1-3H3/b5-4+,13-10-,16-15+. The molecule has 108 valence electrons. The molecule has 0 saturated heterocycles. The molecule has 0 aliphatic heterocycles. The van der Waals surface area contributed by atoms with Crippen molar-refractivity contribution in [3.8, 4) is 0 Å². The summed E-state index contributed by atoms with van der Waals surface area (Å²) in [5, 5.41) is 3.78. The molecule has 0 unspecified atom stereocenters. The maximum atomic E-state index is 11.1. The van der Waals surface area contributed by atoms with E-state index in [0.29, 0.717) is 5.71 Å². The molecule has 0 aliphatic rings. The van der Waals surface area contributed by atoms with Crippen LogP contribution in [0.4, 0.5) is 0 Å². The lowest BCUT2D eigenvalue weighted by Gasteiger charge is -2.06. The SMILES string of the molecule is C/C=C/C/C=C(C)\C(=N/OS(C)(=O)=O)c1ccccc1. The second kappa shape index (κ2) is 7.65. The molecular weight excluding hydrogens is 274 g/mol. The highest BCUT2D eigenvalue weighted by Gasteiger charge is 2.08.